The second-order valence-corrected chi connectivity index (χ2v) is 10.0. The maximum absolute atomic E-state index is 10.8. The second-order valence-electron chi connectivity index (χ2n) is 9.60. The van der Waals surface area contributed by atoms with Crippen LogP contribution < -0.4 is 10.2 Å². The third-order valence-corrected chi connectivity index (χ3v) is 7.87. The van der Waals surface area contributed by atoms with Crippen LogP contribution in [0.2, 0.25) is 5.02 Å². The van der Waals surface area contributed by atoms with E-state index in [4.69, 9.17) is 16.6 Å². The summed E-state index contributed by atoms with van der Waals surface area (Å²) in [6, 6.07) is 4.55. The zero-order valence-corrected chi connectivity index (χ0v) is 18.6. The van der Waals surface area contributed by atoms with Gasteiger partial charge >= 0.3 is 0 Å². The molecular formula is C23H27ClN6O. The van der Waals surface area contributed by atoms with Crippen LogP contribution in [0.25, 0.3) is 10.9 Å². The fraction of sp³-hybridized carbons (Fsp3) is 0.522. The van der Waals surface area contributed by atoms with E-state index < -0.39 is 5.60 Å². The summed E-state index contributed by atoms with van der Waals surface area (Å²) < 4.78 is 2.08. The fourth-order valence-corrected chi connectivity index (χ4v) is 5.66. The molecule has 1 saturated heterocycles. The average Bonchev–Trinajstić information content (AvgIpc) is 3.50. The summed E-state index contributed by atoms with van der Waals surface area (Å²) in [6.45, 7) is 5.72. The molecule has 3 aliphatic rings. The lowest BCUT2D eigenvalue weighted by molar-refractivity contribution is -0.0271. The predicted octanol–water partition coefficient (Wildman–Crippen LogP) is 4.46. The molecule has 3 fully saturated rings. The molecule has 0 radical (unpaired) electrons. The monoisotopic (exact) mass is 438 g/mol. The number of fused-ring (bicyclic) bond motifs is 3. The smallest absolute Gasteiger partial charge is 0.227 e. The highest BCUT2D eigenvalue weighted by Crippen LogP contribution is 2.47. The molecule has 2 aromatic heterocycles. The van der Waals surface area contributed by atoms with Crippen molar-refractivity contribution < 1.29 is 5.11 Å². The van der Waals surface area contributed by atoms with Gasteiger partial charge in [0.15, 0.2) is 0 Å². The number of hydrogen-bond acceptors (Lipinski definition) is 6. The first-order valence-corrected chi connectivity index (χ1v) is 11.5. The molecule has 1 unspecified atom stereocenters. The van der Waals surface area contributed by atoms with Gasteiger partial charge in [-0.2, -0.15) is 5.10 Å². The van der Waals surface area contributed by atoms with Gasteiger partial charge in [-0.1, -0.05) is 11.6 Å². The second kappa shape index (κ2) is 6.81. The van der Waals surface area contributed by atoms with Gasteiger partial charge < -0.3 is 15.3 Å². The molecular weight excluding hydrogens is 412 g/mol. The Bertz CT molecular complexity index is 1150. The van der Waals surface area contributed by atoms with Crippen LogP contribution in [0.1, 0.15) is 44.3 Å². The van der Waals surface area contributed by atoms with Crippen molar-refractivity contribution >= 4 is 39.8 Å². The summed E-state index contributed by atoms with van der Waals surface area (Å²) in [5.74, 6) is 1.12. The molecule has 7 nitrogen and oxygen atoms in total. The normalized spacial score (nSPS) is 27.8. The van der Waals surface area contributed by atoms with Crippen LogP contribution in [0.3, 0.4) is 0 Å². The van der Waals surface area contributed by atoms with Crippen LogP contribution in [0.5, 0.6) is 0 Å². The van der Waals surface area contributed by atoms with Crippen molar-refractivity contribution in [2.24, 2.45) is 11.8 Å². The maximum atomic E-state index is 10.8. The average molecular weight is 439 g/mol. The minimum Gasteiger partial charge on any atom is -0.389 e. The van der Waals surface area contributed by atoms with E-state index in [0.29, 0.717) is 17.0 Å². The minimum atomic E-state index is -0.568. The number of piperidine rings is 1. The van der Waals surface area contributed by atoms with E-state index >= 15 is 0 Å². The lowest BCUT2D eigenvalue weighted by atomic mass is 9.82. The van der Waals surface area contributed by atoms with Gasteiger partial charge in [0.1, 0.15) is 0 Å². The van der Waals surface area contributed by atoms with Crippen LogP contribution in [-0.4, -0.2) is 43.5 Å². The Kier molecular flexibility index (Phi) is 4.24. The lowest BCUT2D eigenvalue weighted by Crippen LogP contribution is -2.52. The van der Waals surface area contributed by atoms with Crippen LogP contribution in [0.4, 0.5) is 17.3 Å². The van der Waals surface area contributed by atoms with Crippen molar-refractivity contribution in [2.75, 3.05) is 23.3 Å². The SMILES string of the molecule is Cc1c(Nc2ncc3cc(Cl)c(N4C[C@H]5CC[C@@H](C4)C5(C)O)cc3n2)cnn1C1CC1. The number of hydrogen-bond donors (Lipinski definition) is 2. The number of anilines is 3. The third-order valence-electron chi connectivity index (χ3n) is 7.57. The van der Waals surface area contributed by atoms with Crippen molar-refractivity contribution in [2.45, 2.75) is 51.2 Å². The molecule has 2 saturated carbocycles. The quantitative estimate of drug-likeness (QED) is 0.625. The predicted molar refractivity (Wildman–Crippen MR) is 122 cm³/mol. The summed E-state index contributed by atoms with van der Waals surface area (Å²) in [6.07, 6.45) is 8.21. The van der Waals surface area contributed by atoms with Gasteiger partial charge in [0, 0.05) is 36.5 Å². The molecule has 6 rings (SSSR count). The molecule has 1 aromatic carbocycles. The van der Waals surface area contributed by atoms with Crippen molar-refractivity contribution in [1.29, 1.82) is 0 Å². The van der Waals surface area contributed by atoms with Gasteiger partial charge in [-0.15, -0.1) is 0 Å². The standard InChI is InChI=1S/C23H27ClN6O/c1-13-20(10-26-30(13)17-5-6-17)28-22-25-9-14-7-18(24)21(8-19(14)27-22)29-11-15-3-4-16(12-29)23(15,2)31/h7-10,15-17,31H,3-6,11-12H2,1-2H3,(H,25,27,28)/t15-,16+,23?. The van der Waals surface area contributed by atoms with Crippen molar-refractivity contribution in [3.05, 3.63) is 35.2 Å². The maximum Gasteiger partial charge on any atom is 0.227 e. The highest BCUT2D eigenvalue weighted by Gasteiger charge is 2.49. The summed E-state index contributed by atoms with van der Waals surface area (Å²) >= 11 is 6.67. The van der Waals surface area contributed by atoms with Crippen LogP contribution in [0.15, 0.2) is 24.5 Å². The molecule has 2 N–H and O–H groups in total. The molecule has 3 heterocycles. The number of halogens is 1. The van der Waals surface area contributed by atoms with E-state index in [1.807, 2.05) is 25.4 Å². The Hall–Kier alpha value is -2.38. The number of nitrogens with one attached hydrogen (secondary N) is 1. The Labute approximate surface area is 186 Å². The Balaban J connectivity index is 1.30. The minimum absolute atomic E-state index is 0.284. The molecule has 0 spiro atoms. The Morgan fingerprint density at radius 1 is 1.13 bits per heavy atom. The van der Waals surface area contributed by atoms with E-state index in [-0.39, 0.29) is 11.8 Å². The molecule has 3 aromatic rings. The zero-order valence-electron chi connectivity index (χ0n) is 17.8. The molecule has 8 heteroatoms. The highest BCUT2D eigenvalue weighted by molar-refractivity contribution is 6.34. The van der Waals surface area contributed by atoms with E-state index in [1.165, 1.54) is 12.8 Å². The van der Waals surface area contributed by atoms with Gasteiger partial charge in [0.25, 0.3) is 0 Å². The molecule has 162 valence electrons. The van der Waals surface area contributed by atoms with Gasteiger partial charge in [-0.3, -0.25) is 4.68 Å². The molecule has 0 amide bonds. The highest BCUT2D eigenvalue weighted by atomic mass is 35.5. The van der Waals surface area contributed by atoms with Gasteiger partial charge in [-0.25, -0.2) is 9.97 Å². The Morgan fingerprint density at radius 2 is 1.87 bits per heavy atom. The zero-order chi connectivity index (χ0) is 21.3. The number of aromatic nitrogens is 4. The van der Waals surface area contributed by atoms with E-state index in [2.05, 4.69) is 38.0 Å². The van der Waals surface area contributed by atoms with Crippen LogP contribution in [-0.2, 0) is 0 Å². The van der Waals surface area contributed by atoms with Gasteiger partial charge in [0.05, 0.1) is 45.4 Å². The number of rotatable bonds is 4. The summed E-state index contributed by atoms with van der Waals surface area (Å²) in [5.41, 5.74) is 3.33. The molecule has 2 bridgehead atoms. The first kappa shape index (κ1) is 19.3. The molecule has 31 heavy (non-hydrogen) atoms. The topological polar surface area (TPSA) is 79.1 Å². The van der Waals surface area contributed by atoms with Crippen LogP contribution in [0, 0.1) is 18.8 Å². The number of aliphatic hydroxyl groups is 1. The number of benzene rings is 1. The van der Waals surface area contributed by atoms with E-state index in [9.17, 15) is 5.11 Å². The van der Waals surface area contributed by atoms with Crippen LogP contribution >= 0.6 is 11.6 Å². The summed E-state index contributed by atoms with van der Waals surface area (Å²) in [5, 5.41) is 20.3. The molecule has 1 aliphatic heterocycles. The van der Waals surface area contributed by atoms with Gasteiger partial charge in [-0.05, 0) is 51.7 Å². The largest absolute Gasteiger partial charge is 0.389 e. The fourth-order valence-electron chi connectivity index (χ4n) is 5.37. The van der Waals surface area contributed by atoms with Crippen molar-refractivity contribution in [3.63, 3.8) is 0 Å². The summed E-state index contributed by atoms with van der Waals surface area (Å²) in [4.78, 5) is 11.6. The van der Waals surface area contributed by atoms with Crippen molar-refractivity contribution in [3.8, 4) is 0 Å². The Morgan fingerprint density at radius 3 is 2.58 bits per heavy atom. The first-order chi connectivity index (χ1) is 14.9. The summed E-state index contributed by atoms with van der Waals surface area (Å²) in [7, 11) is 0. The molecule has 2 aliphatic carbocycles. The number of nitrogens with zero attached hydrogens (tertiary/aromatic N) is 5. The van der Waals surface area contributed by atoms with Gasteiger partial charge in [0.2, 0.25) is 5.95 Å². The third kappa shape index (κ3) is 3.17. The van der Waals surface area contributed by atoms with E-state index in [1.54, 1.807) is 0 Å². The lowest BCUT2D eigenvalue weighted by Gasteiger charge is -2.43. The molecule has 3 atom stereocenters. The van der Waals surface area contributed by atoms with E-state index in [0.717, 1.165) is 53.9 Å². The first-order valence-electron chi connectivity index (χ1n) is 11.1. The van der Waals surface area contributed by atoms with Crippen molar-refractivity contribution in [1.82, 2.24) is 19.7 Å².